The molecule has 1 aromatic rings. The first-order valence-corrected chi connectivity index (χ1v) is 5.45. The average molecular weight is 264 g/mol. The number of nitrogens with one attached hydrogen (secondary N) is 1. The third-order valence-electron chi connectivity index (χ3n) is 2.79. The number of nitrogens with zero attached hydrogens (tertiary/aromatic N) is 1. The number of likely N-dealkylation sites (tertiary alicyclic amines) is 1. The van der Waals surface area contributed by atoms with Crippen molar-refractivity contribution < 1.29 is 4.79 Å². The van der Waals surface area contributed by atoms with Crippen LogP contribution in [0.3, 0.4) is 0 Å². The number of carbonyl (C=O) groups excluding carboxylic acids is 1. The van der Waals surface area contributed by atoms with E-state index in [4.69, 9.17) is 17.3 Å². The van der Waals surface area contributed by atoms with Crippen LogP contribution in [0.4, 0.5) is 0 Å². The van der Waals surface area contributed by atoms with Crippen molar-refractivity contribution >= 4 is 29.9 Å². The molecule has 4 nitrogen and oxygen atoms in total. The van der Waals surface area contributed by atoms with E-state index in [0.717, 1.165) is 19.4 Å². The lowest BCUT2D eigenvalue weighted by Crippen LogP contribution is -2.40. The number of hydrogen-bond donors (Lipinski definition) is 2. The van der Waals surface area contributed by atoms with Crippen molar-refractivity contribution in [2.24, 2.45) is 5.73 Å². The molecule has 1 aromatic heterocycles. The van der Waals surface area contributed by atoms with Crippen molar-refractivity contribution in [1.29, 1.82) is 0 Å². The number of aromatic nitrogens is 1. The Kier molecular flexibility index (Phi) is 4.65. The first-order chi connectivity index (χ1) is 7.22. The third kappa shape index (κ3) is 2.51. The normalized spacial score (nSPS) is 19.6. The lowest BCUT2D eigenvalue weighted by atomic mass is 10.2. The fourth-order valence-electron chi connectivity index (χ4n) is 1.99. The van der Waals surface area contributed by atoms with Gasteiger partial charge in [-0.3, -0.25) is 4.79 Å². The predicted molar refractivity (Wildman–Crippen MR) is 66.2 cm³/mol. The molecule has 16 heavy (non-hydrogen) atoms. The standard InChI is InChI=1S/C10H14ClN3O.ClH/c11-7-4-9(13-6-7)10(15)14-3-1-2-8(14)5-12;/h4,6,8,13H,1-3,5,12H2;1H. The number of carbonyl (C=O) groups is 1. The second kappa shape index (κ2) is 5.57. The van der Waals surface area contributed by atoms with Gasteiger partial charge >= 0.3 is 0 Å². The summed E-state index contributed by atoms with van der Waals surface area (Å²) >= 11 is 5.75. The molecule has 0 bridgehead atoms. The van der Waals surface area contributed by atoms with Crippen LogP contribution in [-0.2, 0) is 0 Å². The Hall–Kier alpha value is -0.710. The van der Waals surface area contributed by atoms with Gasteiger partial charge in [0.15, 0.2) is 0 Å². The fourth-order valence-corrected chi connectivity index (χ4v) is 2.16. The Morgan fingerprint density at radius 2 is 2.44 bits per heavy atom. The zero-order valence-corrected chi connectivity index (χ0v) is 10.4. The Bertz CT molecular complexity index is 367. The van der Waals surface area contributed by atoms with E-state index >= 15 is 0 Å². The summed E-state index contributed by atoms with van der Waals surface area (Å²) < 4.78 is 0. The van der Waals surface area contributed by atoms with Crippen molar-refractivity contribution in [3.63, 3.8) is 0 Å². The van der Waals surface area contributed by atoms with E-state index in [1.54, 1.807) is 12.3 Å². The van der Waals surface area contributed by atoms with Crippen molar-refractivity contribution in [1.82, 2.24) is 9.88 Å². The Balaban J connectivity index is 0.00000128. The molecule has 0 spiro atoms. The van der Waals surface area contributed by atoms with Gasteiger partial charge in [0.2, 0.25) is 0 Å². The van der Waals surface area contributed by atoms with Crippen molar-refractivity contribution in [3.8, 4) is 0 Å². The molecular weight excluding hydrogens is 249 g/mol. The topological polar surface area (TPSA) is 62.1 Å². The van der Waals surface area contributed by atoms with Gasteiger partial charge in [0.1, 0.15) is 5.69 Å². The van der Waals surface area contributed by atoms with E-state index in [1.165, 1.54) is 0 Å². The van der Waals surface area contributed by atoms with Gasteiger partial charge in [0.05, 0.1) is 5.02 Å². The molecule has 6 heteroatoms. The molecule has 1 fully saturated rings. The van der Waals surface area contributed by atoms with Gasteiger partial charge in [-0.1, -0.05) is 11.6 Å². The van der Waals surface area contributed by atoms with Gasteiger partial charge in [0.25, 0.3) is 5.91 Å². The highest BCUT2D eigenvalue weighted by Crippen LogP contribution is 2.20. The van der Waals surface area contributed by atoms with Crippen LogP contribution in [-0.4, -0.2) is 34.9 Å². The molecule has 2 heterocycles. The molecular formula is C10H15Cl2N3O. The summed E-state index contributed by atoms with van der Waals surface area (Å²) in [7, 11) is 0. The summed E-state index contributed by atoms with van der Waals surface area (Å²) in [6.45, 7) is 1.32. The van der Waals surface area contributed by atoms with Crippen LogP contribution >= 0.6 is 24.0 Å². The largest absolute Gasteiger partial charge is 0.356 e. The van der Waals surface area contributed by atoms with Crippen LogP contribution in [0.2, 0.25) is 5.02 Å². The van der Waals surface area contributed by atoms with Crippen LogP contribution < -0.4 is 5.73 Å². The molecule has 0 aromatic carbocycles. The van der Waals surface area contributed by atoms with E-state index in [2.05, 4.69) is 4.98 Å². The molecule has 90 valence electrons. The summed E-state index contributed by atoms with van der Waals surface area (Å²) in [4.78, 5) is 16.7. The first-order valence-electron chi connectivity index (χ1n) is 5.07. The van der Waals surface area contributed by atoms with Crippen LogP contribution in [0.1, 0.15) is 23.3 Å². The van der Waals surface area contributed by atoms with E-state index < -0.39 is 0 Å². The van der Waals surface area contributed by atoms with E-state index in [-0.39, 0.29) is 24.4 Å². The number of halogens is 2. The molecule has 1 atom stereocenters. The monoisotopic (exact) mass is 263 g/mol. The van der Waals surface area contributed by atoms with Crippen LogP contribution in [0, 0.1) is 0 Å². The molecule has 0 radical (unpaired) electrons. The zero-order valence-electron chi connectivity index (χ0n) is 8.78. The Morgan fingerprint density at radius 3 is 3.00 bits per heavy atom. The van der Waals surface area contributed by atoms with E-state index in [1.807, 2.05) is 4.90 Å². The number of nitrogens with two attached hydrogens (primary N) is 1. The van der Waals surface area contributed by atoms with Crippen LogP contribution in [0.5, 0.6) is 0 Å². The molecule has 2 rings (SSSR count). The van der Waals surface area contributed by atoms with Crippen LogP contribution in [0.15, 0.2) is 12.3 Å². The van der Waals surface area contributed by atoms with Gasteiger partial charge in [-0.15, -0.1) is 12.4 Å². The molecule has 3 N–H and O–H groups in total. The third-order valence-corrected chi connectivity index (χ3v) is 3.01. The number of hydrogen-bond acceptors (Lipinski definition) is 2. The lowest BCUT2D eigenvalue weighted by molar-refractivity contribution is 0.0736. The summed E-state index contributed by atoms with van der Waals surface area (Å²) in [5.41, 5.74) is 6.16. The minimum absolute atomic E-state index is 0. The van der Waals surface area contributed by atoms with Crippen molar-refractivity contribution in [2.75, 3.05) is 13.1 Å². The number of rotatable bonds is 2. The van der Waals surface area contributed by atoms with Crippen molar-refractivity contribution in [3.05, 3.63) is 23.0 Å². The van der Waals surface area contributed by atoms with Gasteiger partial charge in [-0.2, -0.15) is 0 Å². The van der Waals surface area contributed by atoms with Crippen LogP contribution in [0.25, 0.3) is 0 Å². The molecule has 1 unspecified atom stereocenters. The van der Waals surface area contributed by atoms with Crippen molar-refractivity contribution in [2.45, 2.75) is 18.9 Å². The zero-order chi connectivity index (χ0) is 10.8. The van der Waals surface area contributed by atoms with E-state index in [9.17, 15) is 4.79 Å². The van der Waals surface area contributed by atoms with Gasteiger partial charge < -0.3 is 15.6 Å². The summed E-state index contributed by atoms with van der Waals surface area (Å²) in [6.07, 6.45) is 3.64. The quantitative estimate of drug-likeness (QED) is 0.853. The average Bonchev–Trinajstić information content (AvgIpc) is 2.84. The minimum atomic E-state index is -0.00477. The predicted octanol–water partition coefficient (Wildman–Crippen LogP) is 1.65. The minimum Gasteiger partial charge on any atom is -0.356 e. The van der Waals surface area contributed by atoms with E-state index in [0.29, 0.717) is 17.3 Å². The SMILES string of the molecule is Cl.NCC1CCCN1C(=O)c1cc(Cl)c[nH]1. The smallest absolute Gasteiger partial charge is 0.270 e. The maximum absolute atomic E-state index is 12.0. The summed E-state index contributed by atoms with van der Waals surface area (Å²) in [6, 6.07) is 1.83. The summed E-state index contributed by atoms with van der Waals surface area (Å²) in [5.74, 6) is -0.00477. The lowest BCUT2D eigenvalue weighted by Gasteiger charge is -2.22. The second-order valence-corrected chi connectivity index (χ2v) is 4.20. The fraction of sp³-hybridized carbons (Fsp3) is 0.500. The highest BCUT2D eigenvalue weighted by Gasteiger charge is 2.28. The maximum atomic E-state index is 12.0. The molecule has 1 aliphatic rings. The number of H-pyrrole nitrogens is 1. The first kappa shape index (κ1) is 13.4. The number of amides is 1. The molecule has 1 saturated heterocycles. The second-order valence-electron chi connectivity index (χ2n) is 3.76. The summed E-state index contributed by atoms with van der Waals surface area (Å²) in [5, 5.41) is 0.557. The van der Waals surface area contributed by atoms with Gasteiger partial charge in [-0.05, 0) is 18.9 Å². The molecule has 0 saturated carbocycles. The molecule has 0 aliphatic carbocycles. The Labute approximate surface area is 106 Å². The highest BCUT2D eigenvalue weighted by molar-refractivity contribution is 6.30. The van der Waals surface area contributed by atoms with Gasteiger partial charge in [-0.25, -0.2) is 0 Å². The van der Waals surface area contributed by atoms with Gasteiger partial charge in [0, 0.05) is 25.3 Å². The molecule has 1 aliphatic heterocycles. The number of aromatic amines is 1. The Morgan fingerprint density at radius 1 is 1.69 bits per heavy atom. The molecule has 1 amide bonds. The highest BCUT2D eigenvalue weighted by atomic mass is 35.5. The maximum Gasteiger partial charge on any atom is 0.270 e.